The van der Waals surface area contributed by atoms with Gasteiger partial charge in [-0.2, -0.15) is 0 Å². The van der Waals surface area contributed by atoms with Gasteiger partial charge in [0, 0.05) is 5.54 Å². The molecule has 0 spiro atoms. The number of alkyl carbamates (subject to hydrolysis) is 1. The maximum Gasteiger partial charge on any atom is 0.407 e. The highest BCUT2D eigenvalue weighted by atomic mass is 16.5. The molecular weight excluding hydrogens is 204 g/mol. The van der Waals surface area contributed by atoms with Crippen molar-refractivity contribution in [2.45, 2.75) is 45.6 Å². The van der Waals surface area contributed by atoms with Crippen LogP contribution in [0.15, 0.2) is 0 Å². The molecule has 0 radical (unpaired) electrons. The van der Waals surface area contributed by atoms with Crippen LogP contribution in [0.4, 0.5) is 4.79 Å². The van der Waals surface area contributed by atoms with E-state index in [4.69, 9.17) is 4.74 Å². The van der Waals surface area contributed by atoms with E-state index in [0.717, 1.165) is 25.9 Å². The van der Waals surface area contributed by atoms with Gasteiger partial charge >= 0.3 is 6.09 Å². The van der Waals surface area contributed by atoms with Crippen molar-refractivity contribution in [3.8, 4) is 0 Å². The lowest BCUT2D eigenvalue weighted by Gasteiger charge is -2.21. The molecule has 2 N–H and O–H groups in total. The average molecular weight is 228 g/mol. The van der Waals surface area contributed by atoms with Crippen LogP contribution in [0.25, 0.3) is 0 Å². The van der Waals surface area contributed by atoms with Crippen molar-refractivity contribution in [3.63, 3.8) is 0 Å². The Bertz CT molecular complexity index is 216. The number of ether oxygens (including phenoxy) is 1. The van der Waals surface area contributed by atoms with Gasteiger partial charge in [0.2, 0.25) is 0 Å². The molecule has 0 aromatic heterocycles. The Kier molecular flexibility index (Phi) is 5.06. The van der Waals surface area contributed by atoms with Crippen LogP contribution in [0, 0.1) is 5.92 Å². The minimum absolute atomic E-state index is 0.220. The Morgan fingerprint density at radius 1 is 1.38 bits per heavy atom. The van der Waals surface area contributed by atoms with E-state index in [9.17, 15) is 4.79 Å². The second-order valence-electron chi connectivity index (χ2n) is 5.52. The lowest BCUT2D eigenvalue weighted by atomic mass is 10.0. The molecule has 94 valence electrons. The smallest absolute Gasteiger partial charge is 0.407 e. The Hall–Kier alpha value is -0.770. The van der Waals surface area contributed by atoms with Crippen LogP contribution in [0.5, 0.6) is 0 Å². The molecule has 0 bridgehead atoms. The third-order valence-electron chi connectivity index (χ3n) is 2.62. The number of carbonyl (C=O) groups excluding carboxylic acids is 1. The first-order valence-electron chi connectivity index (χ1n) is 6.13. The molecule has 0 aromatic rings. The second-order valence-corrected chi connectivity index (χ2v) is 5.52. The van der Waals surface area contributed by atoms with Crippen LogP contribution in [0.2, 0.25) is 0 Å². The van der Waals surface area contributed by atoms with E-state index >= 15 is 0 Å². The molecule has 1 aliphatic heterocycles. The molecule has 0 aliphatic carbocycles. The quantitative estimate of drug-likeness (QED) is 0.759. The highest BCUT2D eigenvalue weighted by Gasteiger charge is 2.17. The lowest BCUT2D eigenvalue weighted by Crippen LogP contribution is -2.41. The third kappa shape index (κ3) is 5.95. The van der Waals surface area contributed by atoms with E-state index in [1.165, 1.54) is 6.42 Å². The van der Waals surface area contributed by atoms with E-state index in [2.05, 4.69) is 10.6 Å². The lowest BCUT2D eigenvalue weighted by molar-refractivity contribution is 0.116. The second kappa shape index (κ2) is 6.09. The van der Waals surface area contributed by atoms with Crippen LogP contribution < -0.4 is 10.6 Å². The number of hydrogen-bond donors (Lipinski definition) is 2. The van der Waals surface area contributed by atoms with E-state index in [0.29, 0.717) is 12.5 Å². The zero-order valence-electron chi connectivity index (χ0n) is 10.6. The van der Waals surface area contributed by atoms with E-state index in [-0.39, 0.29) is 11.6 Å². The number of nitrogens with one attached hydrogen (secondary N) is 2. The van der Waals surface area contributed by atoms with Gasteiger partial charge in [0.25, 0.3) is 0 Å². The normalized spacial score (nSPS) is 22.3. The van der Waals surface area contributed by atoms with Gasteiger partial charge in [-0.15, -0.1) is 0 Å². The maximum atomic E-state index is 11.4. The van der Waals surface area contributed by atoms with Gasteiger partial charge in [-0.05, 0) is 59.0 Å². The summed E-state index contributed by atoms with van der Waals surface area (Å²) < 4.78 is 5.24. The van der Waals surface area contributed by atoms with Crippen molar-refractivity contribution in [2.24, 2.45) is 5.92 Å². The van der Waals surface area contributed by atoms with E-state index in [1.807, 2.05) is 20.8 Å². The predicted octanol–water partition coefficient (Wildman–Crippen LogP) is 1.90. The molecule has 1 atom stereocenters. The number of amides is 1. The predicted molar refractivity (Wildman–Crippen MR) is 64.4 cm³/mol. The first-order valence-corrected chi connectivity index (χ1v) is 6.13. The van der Waals surface area contributed by atoms with Gasteiger partial charge in [-0.1, -0.05) is 0 Å². The fourth-order valence-corrected chi connectivity index (χ4v) is 1.79. The Balaban J connectivity index is 2.20. The van der Waals surface area contributed by atoms with Crippen molar-refractivity contribution in [1.82, 2.24) is 10.6 Å². The Morgan fingerprint density at radius 2 is 2.12 bits per heavy atom. The van der Waals surface area contributed by atoms with Gasteiger partial charge in [0.05, 0.1) is 6.61 Å². The highest BCUT2D eigenvalue weighted by Crippen LogP contribution is 2.13. The van der Waals surface area contributed by atoms with Crippen LogP contribution in [0.3, 0.4) is 0 Å². The molecule has 1 amide bonds. The zero-order chi connectivity index (χ0) is 12.0. The minimum atomic E-state index is -0.301. The summed E-state index contributed by atoms with van der Waals surface area (Å²) in [5.74, 6) is 0.515. The first kappa shape index (κ1) is 13.3. The van der Waals surface area contributed by atoms with Crippen LogP contribution in [-0.4, -0.2) is 31.3 Å². The van der Waals surface area contributed by atoms with E-state index < -0.39 is 0 Å². The number of carbonyl (C=O) groups is 1. The molecule has 1 heterocycles. The summed E-state index contributed by atoms with van der Waals surface area (Å²) in [7, 11) is 0. The summed E-state index contributed by atoms with van der Waals surface area (Å²) in [6, 6.07) is 0. The summed E-state index contributed by atoms with van der Waals surface area (Å²) in [5.41, 5.74) is -0.220. The SMILES string of the molecule is CC(C)(C)NC(=O)OCC1CCCNCC1. The molecule has 4 heteroatoms. The van der Waals surface area contributed by atoms with Crippen molar-refractivity contribution in [1.29, 1.82) is 0 Å². The average Bonchev–Trinajstić information content (AvgIpc) is 2.39. The summed E-state index contributed by atoms with van der Waals surface area (Å²) in [6.07, 6.45) is 3.12. The van der Waals surface area contributed by atoms with Crippen molar-refractivity contribution < 1.29 is 9.53 Å². The molecule has 0 saturated carbocycles. The summed E-state index contributed by atoms with van der Waals surface area (Å²) in [4.78, 5) is 11.4. The van der Waals surface area contributed by atoms with Crippen LogP contribution in [-0.2, 0) is 4.74 Å². The first-order chi connectivity index (χ1) is 7.47. The Morgan fingerprint density at radius 3 is 2.81 bits per heavy atom. The molecule has 1 saturated heterocycles. The molecule has 1 fully saturated rings. The van der Waals surface area contributed by atoms with Crippen molar-refractivity contribution >= 4 is 6.09 Å². The molecule has 1 rings (SSSR count). The van der Waals surface area contributed by atoms with Gasteiger partial charge in [0.15, 0.2) is 0 Å². The monoisotopic (exact) mass is 228 g/mol. The molecule has 1 unspecified atom stereocenters. The van der Waals surface area contributed by atoms with Gasteiger partial charge in [-0.3, -0.25) is 0 Å². The number of rotatable bonds is 2. The molecular formula is C12H24N2O2. The van der Waals surface area contributed by atoms with Gasteiger partial charge in [0.1, 0.15) is 0 Å². The molecule has 1 aliphatic rings. The largest absolute Gasteiger partial charge is 0.449 e. The van der Waals surface area contributed by atoms with Crippen molar-refractivity contribution in [2.75, 3.05) is 19.7 Å². The fourth-order valence-electron chi connectivity index (χ4n) is 1.79. The van der Waals surface area contributed by atoms with Crippen LogP contribution >= 0.6 is 0 Å². The topological polar surface area (TPSA) is 50.4 Å². The molecule has 4 nitrogen and oxygen atoms in total. The molecule has 16 heavy (non-hydrogen) atoms. The fraction of sp³-hybridized carbons (Fsp3) is 0.917. The zero-order valence-corrected chi connectivity index (χ0v) is 10.6. The summed E-state index contributed by atoms with van der Waals surface area (Å²) >= 11 is 0. The third-order valence-corrected chi connectivity index (χ3v) is 2.62. The summed E-state index contributed by atoms with van der Waals surface area (Å²) in [6.45, 7) is 8.51. The van der Waals surface area contributed by atoms with Gasteiger partial charge in [-0.25, -0.2) is 4.79 Å². The Labute approximate surface area is 98.1 Å². The number of hydrogen-bond acceptors (Lipinski definition) is 3. The minimum Gasteiger partial charge on any atom is -0.449 e. The standard InChI is InChI=1S/C12H24N2O2/c1-12(2,3)14-11(15)16-9-10-5-4-7-13-8-6-10/h10,13H,4-9H2,1-3H3,(H,14,15). The van der Waals surface area contributed by atoms with Gasteiger partial charge < -0.3 is 15.4 Å². The molecule has 0 aromatic carbocycles. The van der Waals surface area contributed by atoms with Crippen LogP contribution in [0.1, 0.15) is 40.0 Å². The summed E-state index contributed by atoms with van der Waals surface area (Å²) in [5, 5.41) is 6.14. The van der Waals surface area contributed by atoms with Crippen molar-refractivity contribution in [3.05, 3.63) is 0 Å². The van der Waals surface area contributed by atoms with E-state index in [1.54, 1.807) is 0 Å². The highest BCUT2D eigenvalue weighted by molar-refractivity contribution is 5.68. The maximum absolute atomic E-state index is 11.4.